The molecule has 0 unspecified atom stereocenters. The minimum absolute atomic E-state index is 0.287. The van der Waals surface area contributed by atoms with Crippen molar-refractivity contribution in [1.29, 1.82) is 0 Å². The second-order valence-corrected chi connectivity index (χ2v) is 8.46. The first-order valence-corrected chi connectivity index (χ1v) is 11.6. The summed E-state index contributed by atoms with van der Waals surface area (Å²) in [5.41, 5.74) is 9.87. The Labute approximate surface area is 189 Å². The quantitative estimate of drug-likeness (QED) is 0.509. The lowest BCUT2D eigenvalue weighted by Crippen LogP contribution is -2.47. The van der Waals surface area contributed by atoms with E-state index in [9.17, 15) is 0 Å². The molecule has 1 aliphatic heterocycles. The lowest BCUT2D eigenvalue weighted by atomic mass is 10.1. The summed E-state index contributed by atoms with van der Waals surface area (Å²) in [6.07, 6.45) is 7.62. The van der Waals surface area contributed by atoms with E-state index in [4.69, 9.17) is 15.5 Å². The maximum atomic E-state index is 6.09. The number of anilines is 2. The first-order chi connectivity index (χ1) is 15.6. The van der Waals surface area contributed by atoms with Crippen LogP contribution < -0.4 is 15.4 Å². The number of fused-ring (bicyclic) bond motifs is 1. The van der Waals surface area contributed by atoms with Gasteiger partial charge < -0.3 is 15.4 Å². The standard InChI is InChI=1S/C23H34N8O/c1-4-6-12-32-23-27-20(24)22-26-16-19(31(22)28-23)14-18-13-17(3)21(25-15-18)30-10-8-29(7-5-2)9-11-30/h13,15-16H,4-12,14H2,1-3H3,(H2,24,27,28). The number of hydrogen-bond donors (Lipinski definition) is 1. The van der Waals surface area contributed by atoms with Crippen molar-refractivity contribution in [2.45, 2.75) is 46.5 Å². The second kappa shape index (κ2) is 10.1. The Kier molecular flexibility index (Phi) is 7.04. The van der Waals surface area contributed by atoms with Gasteiger partial charge in [0.2, 0.25) is 0 Å². The number of aromatic nitrogens is 5. The van der Waals surface area contributed by atoms with Gasteiger partial charge in [-0.25, -0.2) is 14.5 Å². The molecule has 1 fully saturated rings. The summed E-state index contributed by atoms with van der Waals surface area (Å²) in [6, 6.07) is 2.50. The Morgan fingerprint density at radius 1 is 1.06 bits per heavy atom. The van der Waals surface area contributed by atoms with E-state index in [1.54, 1.807) is 10.7 Å². The number of piperazine rings is 1. The number of ether oxygens (including phenoxy) is 1. The van der Waals surface area contributed by atoms with E-state index in [1.165, 1.54) is 18.5 Å². The molecule has 1 saturated heterocycles. The van der Waals surface area contributed by atoms with Crippen LogP contribution in [0.15, 0.2) is 18.5 Å². The third-order valence-electron chi connectivity index (χ3n) is 5.87. The van der Waals surface area contributed by atoms with Gasteiger partial charge in [0.05, 0.1) is 18.5 Å². The minimum atomic E-state index is 0.287. The van der Waals surface area contributed by atoms with Gasteiger partial charge in [-0.05, 0) is 37.4 Å². The van der Waals surface area contributed by atoms with E-state index < -0.39 is 0 Å². The van der Waals surface area contributed by atoms with Crippen molar-refractivity contribution in [1.82, 2.24) is 29.5 Å². The maximum Gasteiger partial charge on any atom is 0.336 e. The fourth-order valence-corrected chi connectivity index (χ4v) is 4.18. The molecule has 32 heavy (non-hydrogen) atoms. The summed E-state index contributed by atoms with van der Waals surface area (Å²) in [7, 11) is 0. The van der Waals surface area contributed by atoms with E-state index in [0.29, 0.717) is 24.5 Å². The van der Waals surface area contributed by atoms with Crippen LogP contribution in [0.4, 0.5) is 11.6 Å². The van der Waals surface area contributed by atoms with Gasteiger partial charge in [0.1, 0.15) is 5.82 Å². The van der Waals surface area contributed by atoms with Crippen LogP contribution >= 0.6 is 0 Å². The number of pyridine rings is 1. The van der Waals surface area contributed by atoms with Crippen molar-refractivity contribution < 1.29 is 4.74 Å². The van der Waals surface area contributed by atoms with Crippen molar-refractivity contribution in [3.63, 3.8) is 0 Å². The molecule has 1 aliphatic rings. The van der Waals surface area contributed by atoms with Crippen molar-refractivity contribution in [3.8, 4) is 6.01 Å². The van der Waals surface area contributed by atoms with E-state index in [-0.39, 0.29) is 6.01 Å². The zero-order valence-corrected chi connectivity index (χ0v) is 19.4. The van der Waals surface area contributed by atoms with Gasteiger partial charge in [-0.3, -0.25) is 4.90 Å². The summed E-state index contributed by atoms with van der Waals surface area (Å²) in [4.78, 5) is 18.4. The average molecular weight is 439 g/mol. The van der Waals surface area contributed by atoms with Gasteiger partial charge in [0.15, 0.2) is 11.5 Å². The molecule has 2 N–H and O–H groups in total. The number of nitrogen functional groups attached to an aromatic ring is 1. The Hall–Kier alpha value is -2.94. The average Bonchev–Trinajstić information content (AvgIpc) is 3.18. The summed E-state index contributed by atoms with van der Waals surface area (Å²) < 4.78 is 7.40. The molecular weight excluding hydrogens is 404 g/mol. The molecule has 3 aromatic rings. The normalized spacial score (nSPS) is 14.9. The fourth-order valence-electron chi connectivity index (χ4n) is 4.18. The van der Waals surface area contributed by atoms with E-state index in [2.05, 4.69) is 51.7 Å². The molecule has 0 bridgehead atoms. The van der Waals surface area contributed by atoms with Crippen LogP contribution in [0.2, 0.25) is 0 Å². The third-order valence-corrected chi connectivity index (χ3v) is 5.87. The number of rotatable bonds is 9. The largest absolute Gasteiger partial charge is 0.462 e. The van der Waals surface area contributed by atoms with Gasteiger partial charge in [-0.15, -0.1) is 5.10 Å². The molecule has 3 aromatic heterocycles. The Bertz CT molecular complexity index is 1040. The summed E-state index contributed by atoms with van der Waals surface area (Å²) >= 11 is 0. The zero-order valence-electron chi connectivity index (χ0n) is 19.4. The molecule has 0 atom stereocenters. The highest BCUT2D eigenvalue weighted by Crippen LogP contribution is 2.22. The number of imidazole rings is 1. The van der Waals surface area contributed by atoms with Crippen LogP contribution in [0, 0.1) is 6.92 Å². The van der Waals surface area contributed by atoms with Crippen LogP contribution in [-0.4, -0.2) is 68.8 Å². The maximum absolute atomic E-state index is 6.09. The summed E-state index contributed by atoms with van der Waals surface area (Å²) in [5.74, 6) is 1.41. The minimum Gasteiger partial charge on any atom is -0.462 e. The predicted molar refractivity (Wildman–Crippen MR) is 126 cm³/mol. The van der Waals surface area contributed by atoms with Gasteiger partial charge >= 0.3 is 6.01 Å². The van der Waals surface area contributed by atoms with Crippen molar-refractivity contribution in [2.24, 2.45) is 0 Å². The number of nitrogens with zero attached hydrogens (tertiary/aromatic N) is 7. The molecule has 0 saturated carbocycles. The van der Waals surface area contributed by atoms with Gasteiger partial charge in [0.25, 0.3) is 0 Å². The Balaban J connectivity index is 1.49. The molecule has 0 spiro atoms. The van der Waals surface area contributed by atoms with Gasteiger partial charge in [0, 0.05) is 38.8 Å². The SMILES string of the molecule is CCCCOc1nc(N)c2ncc(Cc3cnc(N4CCN(CCC)CC4)c(C)c3)n2n1. The monoisotopic (exact) mass is 438 g/mol. The number of unbranched alkanes of at least 4 members (excludes halogenated alkanes) is 1. The topological polar surface area (TPSA) is 97.7 Å². The molecule has 172 valence electrons. The lowest BCUT2D eigenvalue weighted by molar-refractivity contribution is 0.258. The highest BCUT2D eigenvalue weighted by molar-refractivity contribution is 5.60. The highest BCUT2D eigenvalue weighted by atomic mass is 16.5. The summed E-state index contributed by atoms with van der Waals surface area (Å²) in [5, 5.41) is 4.51. The van der Waals surface area contributed by atoms with Gasteiger partial charge in [-0.1, -0.05) is 26.3 Å². The third kappa shape index (κ3) is 4.93. The van der Waals surface area contributed by atoms with Crippen LogP contribution in [0.5, 0.6) is 6.01 Å². The van der Waals surface area contributed by atoms with Crippen LogP contribution in [-0.2, 0) is 6.42 Å². The highest BCUT2D eigenvalue weighted by Gasteiger charge is 2.19. The Morgan fingerprint density at radius 3 is 2.59 bits per heavy atom. The van der Waals surface area contributed by atoms with E-state index in [0.717, 1.165) is 56.1 Å². The Morgan fingerprint density at radius 2 is 1.88 bits per heavy atom. The number of aryl methyl sites for hydroxylation is 1. The molecule has 0 aromatic carbocycles. The first kappa shape index (κ1) is 22.3. The van der Waals surface area contributed by atoms with E-state index in [1.807, 2.05) is 6.20 Å². The number of hydrogen-bond acceptors (Lipinski definition) is 8. The first-order valence-electron chi connectivity index (χ1n) is 11.6. The van der Waals surface area contributed by atoms with Crippen LogP contribution in [0.1, 0.15) is 49.9 Å². The second-order valence-electron chi connectivity index (χ2n) is 8.46. The molecule has 4 rings (SSSR count). The molecule has 9 nitrogen and oxygen atoms in total. The van der Waals surface area contributed by atoms with Crippen LogP contribution in [0.25, 0.3) is 5.65 Å². The number of nitrogens with two attached hydrogens (primary N) is 1. The smallest absolute Gasteiger partial charge is 0.336 e. The molecule has 4 heterocycles. The predicted octanol–water partition coefficient (Wildman–Crippen LogP) is 2.71. The summed E-state index contributed by atoms with van der Waals surface area (Å²) in [6.45, 7) is 12.5. The van der Waals surface area contributed by atoms with Crippen molar-refractivity contribution >= 4 is 17.3 Å². The molecular formula is C23H34N8O. The lowest BCUT2D eigenvalue weighted by Gasteiger charge is -2.36. The molecule has 9 heteroatoms. The van der Waals surface area contributed by atoms with E-state index >= 15 is 0 Å². The molecule has 0 amide bonds. The molecule has 0 aliphatic carbocycles. The zero-order chi connectivity index (χ0) is 22.5. The molecule has 0 radical (unpaired) electrons. The fraction of sp³-hybridized carbons (Fsp3) is 0.565. The van der Waals surface area contributed by atoms with Crippen LogP contribution in [0.3, 0.4) is 0 Å². The van der Waals surface area contributed by atoms with Gasteiger partial charge in [-0.2, -0.15) is 4.98 Å². The van der Waals surface area contributed by atoms with Crippen molar-refractivity contribution in [2.75, 3.05) is 50.0 Å². The van der Waals surface area contributed by atoms with Crippen molar-refractivity contribution in [3.05, 3.63) is 35.3 Å².